The van der Waals surface area contributed by atoms with Crippen LogP contribution in [0.15, 0.2) is 30.7 Å². The number of pyridine rings is 1. The highest BCUT2D eigenvalue weighted by Gasteiger charge is 2.18. The Labute approximate surface area is 103 Å². The fraction of sp³-hybridized carbons (Fsp3) is 0.182. The predicted octanol–water partition coefficient (Wildman–Crippen LogP) is 1.62. The van der Waals surface area contributed by atoms with Gasteiger partial charge in [0.05, 0.1) is 7.11 Å². The van der Waals surface area contributed by atoms with E-state index in [1.165, 1.54) is 25.7 Å². The maximum absolute atomic E-state index is 10.2. The van der Waals surface area contributed by atoms with Crippen LogP contribution in [0.2, 0.25) is 5.15 Å². The number of rotatable bonds is 3. The van der Waals surface area contributed by atoms with E-state index in [-0.39, 0.29) is 5.88 Å². The molecule has 17 heavy (non-hydrogen) atoms. The van der Waals surface area contributed by atoms with Gasteiger partial charge in [0.15, 0.2) is 0 Å². The topological polar surface area (TPSA) is 68.1 Å². The first kappa shape index (κ1) is 11.8. The van der Waals surface area contributed by atoms with Crippen LogP contribution in [-0.2, 0) is 0 Å². The number of hydrogen-bond acceptors (Lipinski definition) is 5. The van der Waals surface area contributed by atoms with Crippen LogP contribution in [0.3, 0.4) is 0 Å². The van der Waals surface area contributed by atoms with Crippen molar-refractivity contribution in [3.05, 3.63) is 47.1 Å². The van der Waals surface area contributed by atoms with Crippen LogP contribution in [0.25, 0.3) is 0 Å². The van der Waals surface area contributed by atoms with Gasteiger partial charge >= 0.3 is 0 Å². The summed E-state index contributed by atoms with van der Waals surface area (Å²) in [5, 5.41) is 10.5. The summed E-state index contributed by atoms with van der Waals surface area (Å²) < 4.78 is 5.04. The molecule has 0 bridgehead atoms. The van der Waals surface area contributed by atoms with E-state index in [4.69, 9.17) is 16.3 Å². The van der Waals surface area contributed by atoms with Crippen molar-refractivity contribution in [3.8, 4) is 5.88 Å². The zero-order valence-electron chi connectivity index (χ0n) is 9.04. The Morgan fingerprint density at radius 3 is 2.71 bits per heavy atom. The monoisotopic (exact) mass is 251 g/mol. The molecule has 2 heterocycles. The first-order valence-corrected chi connectivity index (χ1v) is 5.24. The molecule has 6 heteroatoms. The lowest BCUT2D eigenvalue weighted by Crippen LogP contribution is -2.06. The Hall–Kier alpha value is -1.72. The number of aliphatic hydroxyl groups excluding tert-OH is 1. The van der Waals surface area contributed by atoms with Crippen molar-refractivity contribution >= 4 is 11.6 Å². The molecule has 0 aromatic carbocycles. The summed E-state index contributed by atoms with van der Waals surface area (Å²) in [6, 6.07) is 3.23. The van der Waals surface area contributed by atoms with Crippen molar-refractivity contribution in [1.82, 2.24) is 15.0 Å². The summed E-state index contributed by atoms with van der Waals surface area (Å²) in [7, 11) is 1.47. The molecule has 0 aliphatic rings. The molecule has 2 aromatic rings. The molecule has 1 atom stereocenters. The molecule has 0 fully saturated rings. The minimum Gasteiger partial charge on any atom is -0.480 e. The van der Waals surface area contributed by atoms with Crippen molar-refractivity contribution in [2.24, 2.45) is 0 Å². The smallest absolute Gasteiger partial charge is 0.238 e. The van der Waals surface area contributed by atoms with E-state index >= 15 is 0 Å². The Kier molecular flexibility index (Phi) is 3.51. The second-order valence-corrected chi connectivity index (χ2v) is 3.65. The third kappa shape index (κ3) is 2.51. The van der Waals surface area contributed by atoms with Gasteiger partial charge in [-0.15, -0.1) is 0 Å². The zero-order valence-corrected chi connectivity index (χ0v) is 9.80. The average molecular weight is 252 g/mol. The third-order valence-corrected chi connectivity index (χ3v) is 2.42. The summed E-state index contributed by atoms with van der Waals surface area (Å²) in [5.74, 6) is 0.285. The van der Waals surface area contributed by atoms with Gasteiger partial charge in [-0.2, -0.15) is 0 Å². The second kappa shape index (κ2) is 5.07. The molecular formula is C11H10ClN3O2. The van der Waals surface area contributed by atoms with Crippen LogP contribution in [0.1, 0.15) is 17.4 Å². The Balaban J connectivity index is 2.40. The minimum absolute atomic E-state index is 0.285. The number of halogens is 1. The zero-order chi connectivity index (χ0) is 12.3. The highest BCUT2D eigenvalue weighted by atomic mass is 35.5. The molecule has 2 rings (SSSR count). The van der Waals surface area contributed by atoms with E-state index in [0.29, 0.717) is 16.4 Å². The number of aromatic nitrogens is 3. The summed E-state index contributed by atoms with van der Waals surface area (Å²) >= 11 is 5.76. The largest absolute Gasteiger partial charge is 0.480 e. The van der Waals surface area contributed by atoms with Crippen molar-refractivity contribution < 1.29 is 9.84 Å². The number of methoxy groups -OCH3 is 1. The molecule has 1 N–H and O–H groups in total. The maximum Gasteiger partial charge on any atom is 0.238 e. The molecule has 88 valence electrons. The summed E-state index contributed by atoms with van der Waals surface area (Å²) in [6.07, 6.45) is 3.56. The van der Waals surface area contributed by atoms with Crippen LogP contribution in [0.4, 0.5) is 0 Å². The second-order valence-electron chi connectivity index (χ2n) is 3.27. The number of hydrogen-bond donors (Lipinski definition) is 1. The van der Waals surface area contributed by atoms with Crippen molar-refractivity contribution in [2.75, 3.05) is 7.11 Å². The minimum atomic E-state index is -0.945. The van der Waals surface area contributed by atoms with Gasteiger partial charge in [0.25, 0.3) is 0 Å². The molecule has 2 aromatic heterocycles. The summed E-state index contributed by atoms with van der Waals surface area (Å²) in [6.45, 7) is 0. The van der Waals surface area contributed by atoms with Gasteiger partial charge in [0.2, 0.25) is 5.88 Å². The maximum atomic E-state index is 10.2. The molecule has 0 saturated heterocycles. The van der Waals surface area contributed by atoms with Crippen LogP contribution in [0.5, 0.6) is 5.88 Å². The van der Waals surface area contributed by atoms with Crippen LogP contribution in [-0.4, -0.2) is 27.2 Å². The Morgan fingerprint density at radius 1 is 1.24 bits per heavy atom. The summed E-state index contributed by atoms with van der Waals surface area (Å²) in [4.78, 5) is 11.9. The lowest BCUT2D eigenvalue weighted by Gasteiger charge is -2.12. The normalized spacial score (nSPS) is 12.2. The molecule has 0 amide bonds. The fourth-order valence-electron chi connectivity index (χ4n) is 1.43. The number of nitrogens with zero attached hydrogens (tertiary/aromatic N) is 3. The highest BCUT2D eigenvalue weighted by Crippen LogP contribution is 2.26. The summed E-state index contributed by atoms with van der Waals surface area (Å²) in [5.41, 5.74) is 0.932. The lowest BCUT2D eigenvalue weighted by atomic mass is 10.1. The van der Waals surface area contributed by atoms with Crippen LogP contribution < -0.4 is 4.74 Å². The third-order valence-electron chi connectivity index (χ3n) is 2.21. The highest BCUT2D eigenvalue weighted by molar-refractivity contribution is 6.29. The van der Waals surface area contributed by atoms with E-state index in [9.17, 15) is 5.11 Å². The molecule has 0 radical (unpaired) electrons. The van der Waals surface area contributed by atoms with Gasteiger partial charge in [-0.25, -0.2) is 9.97 Å². The first-order valence-electron chi connectivity index (χ1n) is 4.87. The molecule has 0 aliphatic carbocycles. The molecule has 0 aliphatic heterocycles. The quantitative estimate of drug-likeness (QED) is 0.840. The molecule has 5 nitrogen and oxygen atoms in total. The lowest BCUT2D eigenvalue weighted by molar-refractivity contribution is 0.207. The predicted molar refractivity (Wildman–Crippen MR) is 61.9 cm³/mol. The Morgan fingerprint density at radius 2 is 2.00 bits per heavy atom. The van der Waals surface area contributed by atoms with E-state index in [2.05, 4.69) is 15.0 Å². The first-order chi connectivity index (χ1) is 8.22. The standard InChI is InChI=1S/C11H10ClN3O2/c1-17-11-9(14-4-5-15-11)10(16)7-2-3-13-8(12)6-7/h2-6,10,16H,1H3. The number of ether oxygens (including phenoxy) is 1. The van der Waals surface area contributed by atoms with E-state index in [1.807, 2.05) is 0 Å². The molecule has 0 spiro atoms. The molecule has 0 saturated carbocycles. The van der Waals surface area contributed by atoms with Crippen LogP contribution in [0, 0.1) is 0 Å². The van der Waals surface area contributed by atoms with Gasteiger partial charge < -0.3 is 9.84 Å². The van der Waals surface area contributed by atoms with Crippen LogP contribution >= 0.6 is 11.6 Å². The molecular weight excluding hydrogens is 242 g/mol. The Bertz CT molecular complexity index is 522. The van der Waals surface area contributed by atoms with E-state index < -0.39 is 6.10 Å². The number of aliphatic hydroxyl groups is 1. The van der Waals surface area contributed by atoms with Crippen molar-refractivity contribution in [2.45, 2.75) is 6.10 Å². The van der Waals surface area contributed by atoms with Crippen molar-refractivity contribution in [1.29, 1.82) is 0 Å². The SMILES string of the molecule is COc1nccnc1C(O)c1ccnc(Cl)c1. The van der Waals surface area contributed by atoms with Gasteiger partial charge in [-0.05, 0) is 17.7 Å². The van der Waals surface area contributed by atoms with Gasteiger partial charge in [-0.3, -0.25) is 4.98 Å². The van der Waals surface area contributed by atoms with Gasteiger partial charge in [-0.1, -0.05) is 11.6 Å². The van der Waals surface area contributed by atoms with Crippen molar-refractivity contribution in [3.63, 3.8) is 0 Å². The van der Waals surface area contributed by atoms with Gasteiger partial charge in [0.1, 0.15) is 17.0 Å². The van der Waals surface area contributed by atoms with E-state index in [0.717, 1.165) is 0 Å². The van der Waals surface area contributed by atoms with E-state index in [1.54, 1.807) is 12.1 Å². The molecule has 1 unspecified atom stereocenters. The average Bonchev–Trinajstić information content (AvgIpc) is 2.38. The van der Waals surface area contributed by atoms with Gasteiger partial charge in [0, 0.05) is 18.6 Å². The fourth-order valence-corrected chi connectivity index (χ4v) is 1.61.